The van der Waals surface area contributed by atoms with Crippen LogP contribution >= 0.6 is 15.9 Å². The summed E-state index contributed by atoms with van der Waals surface area (Å²) in [4.78, 5) is -0.127. The lowest BCUT2D eigenvalue weighted by Gasteiger charge is -2.12. The molecule has 0 bridgehead atoms. The summed E-state index contributed by atoms with van der Waals surface area (Å²) in [5.74, 6) is -1.63. The fourth-order valence-corrected chi connectivity index (χ4v) is 2.69. The van der Waals surface area contributed by atoms with Gasteiger partial charge >= 0.3 is 0 Å². The third-order valence-electron chi connectivity index (χ3n) is 3.33. The Morgan fingerprint density at radius 2 is 1.60 bits per heavy atom. The van der Waals surface area contributed by atoms with Crippen LogP contribution in [0.15, 0.2) is 42.5 Å². The molecule has 0 saturated carbocycles. The van der Waals surface area contributed by atoms with Gasteiger partial charge in [-0.05, 0) is 41.7 Å². The minimum absolute atomic E-state index is 0.127. The second-order valence-corrected chi connectivity index (χ2v) is 5.80. The van der Waals surface area contributed by atoms with Gasteiger partial charge in [0.2, 0.25) is 0 Å². The Bertz CT molecular complexity index is 564. The van der Waals surface area contributed by atoms with Crippen molar-refractivity contribution in [2.24, 2.45) is 0 Å². The van der Waals surface area contributed by atoms with E-state index in [-0.39, 0.29) is 4.83 Å². The maximum absolute atomic E-state index is 13.3. The number of unbranched alkanes of at least 4 members (excludes halogenated alkanes) is 1. The molecule has 106 valence electrons. The normalized spacial score (nSPS) is 12.4. The average Bonchev–Trinajstić information content (AvgIpc) is 2.48. The highest BCUT2D eigenvalue weighted by Crippen LogP contribution is 2.31. The van der Waals surface area contributed by atoms with Gasteiger partial charge in [-0.1, -0.05) is 59.6 Å². The molecule has 0 heterocycles. The number of aryl methyl sites for hydroxylation is 1. The Balaban J connectivity index is 2.15. The minimum Gasteiger partial charge on any atom is -0.204 e. The first-order valence-corrected chi connectivity index (χ1v) is 7.71. The topological polar surface area (TPSA) is 0 Å². The summed E-state index contributed by atoms with van der Waals surface area (Å²) in [7, 11) is 0. The molecular weight excluding hydrogens is 322 g/mol. The highest BCUT2D eigenvalue weighted by atomic mass is 79.9. The van der Waals surface area contributed by atoms with E-state index in [9.17, 15) is 8.78 Å². The quantitative estimate of drug-likeness (QED) is 0.605. The van der Waals surface area contributed by atoms with Crippen molar-refractivity contribution >= 4 is 15.9 Å². The summed E-state index contributed by atoms with van der Waals surface area (Å²) in [6.07, 6.45) is 3.44. The molecule has 0 amide bonds. The highest BCUT2D eigenvalue weighted by molar-refractivity contribution is 9.09. The molecule has 0 aliphatic heterocycles. The van der Waals surface area contributed by atoms with Crippen LogP contribution in [-0.4, -0.2) is 0 Å². The van der Waals surface area contributed by atoms with Gasteiger partial charge in [0.15, 0.2) is 11.6 Å². The van der Waals surface area contributed by atoms with Gasteiger partial charge in [-0.2, -0.15) is 0 Å². The summed E-state index contributed by atoms with van der Waals surface area (Å²) in [5.41, 5.74) is 3.06. The Hall–Kier alpha value is -1.22. The number of alkyl halides is 1. The van der Waals surface area contributed by atoms with Crippen LogP contribution in [0.3, 0.4) is 0 Å². The summed E-state index contributed by atoms with van der Waals surface area (Å²) in [6, 6.07) is 12.3. The van der Waals surface area contributed by atoms with E-state index in [1.807, 2.05) is 12.1 Å². The second kappa shape index (κ2) is 6.98. The minimum atomic E-state index is -0.816. The predicted molar refractivity (Wildman–Crippen MR) is 82.2 cm³/mol. The summed E-state index contributed by atoms with van der Waals surface area (Å²) in [5, 5.41) is 0. The van der Waals surface area contributed by atoms with Crippen LogP contribution in [0.1, 0.15) is 41.3 Å². The molecule has 2 rings (SSSR count). The van der Waals surface area contributed by atoms with Crippen molar-refractivity contribution < 1.29 is 8.78 Å². The van der Waals surface area contributed by atoms with Gasteiger partial charge in [0.25, 0.3) is 0 Å². The molecule has 20 heavy (non-hydrogen) atoms. The molecule has 0 fully saturated rings. The van der Waals surface area contributed by atoms with Crippen LogP contribution in [0.2, 0.25) is 0 Å². The van der Waals surface area contributed by atoms with Crippen molar-refractivity contribution in [2.45, 2.75) is 31.0 Å². The molecule has 0 N–H and O–H groups in total. The zero-order chi connectivity index (χ0) is 14.5. The number of halogens is 3. The van der Waals surface area contributed by atoms with Gasteiger partial charge < -0.3 is 0 Å². The molecule has 0 aliphatic carbocycles. The highest BCUT2D eigenvalue weighted by Gasteiger charge is 2.12. The SMILES string of the molecule is CCCCc1ccc(C(Br)c2ccc(F)c(F)c2)cc1. The lowest BCUT2D eigenvalue weighted by molar-refractivity contribution is 0.507. The van der Waals surface area contributed by atoms with Crippen molar-refractivity contribution in [3.05, 3.63) is 70.8 Å². The van der Waals surface area contributed by atoms with E-state index in [1.54, 1.807) is 6.07 Å². The van der Waals surface area contributed by atoms with Crippen molar-refractivity contribution in [1.29, 1.82) is 0 Å². The van der Waals surface area contributed by atoms with Crippen LogP contribution in [0, 0.1) is 11.6 Å². The Labute approximate surface area is 127 Å². The van der Waals surface area contributed by atoms with Crippen molar-refractivity contribution in [2.75, 3.05) is 0 Å². The number of hydrogen-bond donors (Lipinski definition) is 0. The van der Waals surface area contributed by atoms with Crippen molar-refractivity contribution in [1.82, 2.24) is 0 Å². The second-order valence-electron chi connectivity index (χ2n) is 4.88. The zero-order valence-corrected chi connectivity index (χ0v) is 13.0. The molecule has 1 atom stereocenters. The van der Waals surface area contributed by atoms with Crippen LogP contribution in [-0.2, 0) is 6.42 Å². The molecule has 0 aromatic heterocycles. The molecule has 0 radical (unpaired) electrons. The summed E-state index contributed by atoms with van der Waals surface area (Å²) < 4.78 is 26.2. The van der Waals surface area contributed by atoms with Gasteiger partial charge in [-0.15, -0.1) is 0 Å². The van der Waals surface area contributed by atoms with E-state index >= 15 is 0 Å². The molecule has 0 spiro atoms. The Kier molecular flexibility index (Phi) is 5.30. The van der Waals surface area contributed by atoms with Crippen LogP contribution < -0.4 is 0 Å². The van der Waals surface area contributed by atoms with Gasteiger partial charge in [0.1, 0.15) is 0 Å². The molecule has 3 heteroatoms. The summed E-state index contributed by atoms with van der Waals surface area (Å²) >= 11 is 3.54. The maximum Gasteiger partial charge on any atom is 0.159 e. The third kappa shape index (κ3) is 3.66. The molecule has 2 aromatic rings. The number of rotatable bonds is 5. The van der Waals surface area contributed by atoms with Gasteiger partial charge in [-0.25, -0.2) is 8.78 Å². The average molecular weight is 339 g/mol. The predicted octanol–water partition coefficient (Wildman–Crippen LogP) is 5.79. The summed E-state index contributed by atoms with van der Waals surface area (Å²) in [6.45, 7) is 2.17. The first-order valence-electron chi connectivity index (χ1n) is 6.79. The van der Waals surface area contributed by atoms with E-state index in [2.05, 4.69) is 35.0 Å². The molecule has 0 nitrogen and oxygen atoms in total. The standard InChI is InChI=1S/C17H17BrF2/c1-2-3-4-12-5-7-13(8-6-12)17(18)14-9-10-15(19)16(20)11-14/h5-11,17H,2-4H2,1H3. The van der Waals surface area contributed by atoms with E-state index in [4.69, 9.17) is 0 Å². The molecular formula is C17H17BrF2. The van der Waals surface area contributed by atoms with Gasteiger partial charge in [0, 0.05) is 0 Å². The number of hydrogen-bond acceptors (Lipinski definition) is 0. The van der Waals surface area contributed by atoms with E-state index < -0.39 is 11.6 Å². The van der Waals surface area contributed by atoms with E-state index in [0.717, 1.165) is 18.1 Å². The lowest BCUT2D eigenvalue weighted by atomic mass is 10.0. The van der Waals surface area contributed by atoms with E-state index in [0.29, 0.717) is 5.56 Å². The molecule has 2 aromatic carbocycles. The molecule has 0 aliphatic rings. The largest absolute Gasteiger partial charge is 0.204 e. The number of benzene rings is 2. The van der Waals surface area contributed by atoms with Crippen molar-refractivity contribution in [3.8, 4) is 0 Å². The lowest BCUT2D eigenvalue weighted by Crippen LogP contribution is -1.96. The zero-order valence-electron chi connectivity index (χ0n) is 11.4. The van der Waals surface area contributed by atoms with Crippen LogP contribution in [0.5, 0.6) is 0 Å². The van der Waals surface area contributed by atoms with E-state index in [1.165, 1.54) is 24.5 Å². The Morgan fingerprint density at radius 1 is 0.950 bits per heavy atom. The fraction of sp³-hybridized carbons (Fsp3) is 0.294. The first-order chi connectivity index (χ1) is 9.61. The van der Waals surface area contributed by atoms with Gasteiger partial charge in [0.05, 0.1) is 4.83 Å². The first kappa shape index (κ1) is 15.2. The smallest absolute Gasteiger partial charge is 0.159 e. The Morgan fingerprint density at radius 3 is 2.20 bits per heavy atom. The van der Waals surface area contributed by atoms with Gasteiger partial charge in [-0.3, -0.25) is 0 Å². The monoisotopic (exact) mass is 338 g/mol. The van der Waals surface area contributed by atoms with Crippen LogP contribution in [0.4, 0.5) is 8.78 Å². The maximum atomic E-state index is 13.3. The van der Waals surface area contributed by atoms with Crippen LogP contribution in [0.25, 0.3) is 0 Å². The third-order valence-corrected chi connectivity index (χ3v) is 4.39. The fourth-order valence-electron chi connectivity index (χ4n) is 2.10. The van der Waals surface area contributed by atoms with Crippen molar-refractivity contribution in [3.63, 3.8) is 0 Å². The molecule has 0 saturated heterocycles. The molecule has 1 unspecified atom stereocenters.